The third-order valence-electron chi connectivity index (χ3n) is 1.70. The monoisotopic (exact) mass is 166 g/mol. The topological polar surface area (TPSA) is 17.1 Å². The number of hydrogen-bond acceptors (Lipinski definition) is 1. The van der Waals surface area contributed by atoms with Gasteiger partial charge in [-0.3, -0.25) is 4.79 Å². The molecule has 1 nitrogen and oxygen atoms in total. The molecule has 0 atom stereocenters. The van der Waals surface area contributed by atoms with Gasteiger partial charge in [-0.25, -0.2) is 0 Å². The number of allylic oxidation sites excluding steroid dienone is 4. The van der Waals surface area contributed by atoms with Gasteiger partial charge in [0.1, 0.15) is 0 Å². The SMILES string of the molecule is CC(=O)C=CC(=C(C)C)C(C)C. The second-order valence-corrected chi connectivity index (χ2v) is 3.55. The molecule has 0 rings (SSSR count). The maximum atomic E-state index is 10.7. The third kappa shape index (κ3) is 4.12. The fraction of sp³-hybridized carbons (Fsp3) is 0.545. The highest BCUT2D eigenvalue weighted by molar-refractivity contribution is 5.87. The molecule has 0 N–H and O–H groups in total. The standard InChI is InChI=1S/C11H18O/c1-8(2)11(9(3)4)7-6-10(5)12/h6-8H,1-5H3. The predicted molar refractivity (Wildman–Crippen MR) is 53.0 cm³/mol. The summed E-state index contributed by atoms with van der Waals surface area (Å²) in [7, 11) is 0. The molecule has 0 amide bonds. The Morgan fingerprint density at radius 2 is 1.58 bits per heavy atom. The van der Waals surface area contributed by atoms with Gasteiger partial charge in [-0.2, -0.15) is 0 Å². The number of ketones is 1. The molecule has 0 aliphatic carbocycles. The normalized spacial score (nSPS) is 10.8. The summed E-state index contributed by atoms with van der Waals surface area (Å²) in [6.45, 7) is 9.97. The summed E-state index contributed by atoms with van der Waals surface area (Å²) in [4.78, 5) is 10.7. The van der Waals surface area contributed by atoms with Gasteiger partial charge in [-0.05, 0) is 38.3 Å². The van der Waals surface area contributed by atoms with Crippen LogP contribution in [-0.2, 0) is 4.79 Å². The van der Waals surface area contributed by atoms with Crippen LogP contribution in [0.15, 0.2) is 23.3 Å². The van der Waals surface area contributed by atoms with Gasteiger partial charge in [0, 0.05) is 0 Å². The van der Waals surface area contributed by atoms with Gasteiger partial charge in [0.25, 0.3) is 0 Å². The molecule has 0 heterocycles. The van der Waals surface area contributed by atoms with Crippen LogP contribution in [0.5, 0.6) is 0 Å². The summed E-state index contributed by atoms with van der Waals surface area (Å²) < 4.78 is 0. The number of hydrogen-bond donors (Lipinski definition) is 0. The zero-order chi connectivity index (χ0) is 9.72. The van der Waals surface area contributed by atoms with Gasteiger partial charge in [0.05, 0.1) is 0 Å². The number of carbonyl (C=O) groups is 1. The summed E-state index contributed by atoms with van der Waals surface area (Å²) in [5.41, 5.74) is 2.53. The lowest BCUT2D eigenvalue weighted by Crippen LogP contribution is -1.94. The third-order valence-corrected chi connectivity index (χ3v) is 1.70. The van der Waals surface area contributed by atoms with Crippen LogP contribution in [0.3, 0.4) is 0 Å². The van der Waals surface area contributed by atoms with Gasteiger partial charge in [-0.1, -0.05) is 25.5 Å². The van der Waals surface area contributed by atoms with Crippen LogP contribution in [0, 0.1) is 5.92 Å². The smallest absolute Gasteiger partial charge is 0.152 e. The molecule has 0 aliphatic rings. The second kappa shape index (κ2) is 4.91. The molecule has 0 saturated carbocycles. The molecule has 0 saturated heterocycles. The number of rotatable bonds is 3. The first-order chi connectivity index (χ1) is 5.45. The van der Waals surface area contributed by atoms with Gasteiger partial charge in [0.2, 0.25) is 0 Å². The highest BCUT2D eigenvalue weighted by atomic mass is 16.1. The van der Waals surface area contributed by atoms with Crippen LogP contribution in [0.2, 0.25) is 0 Å². The lowest BCUT2D eigenvalue weighted by atomic mass is 9.98. The number of carbonyl (C=O) groups excluding carboxylic acids is 1. The maximum Gasteiger partial charge on any atom is 0.152 e. The minimum Gasteiger partial charge on any atom is -0.295 e. The van der Waals surface area contributed by atoms with E-state index < -0.39 is 0 Å². The Balaban J connectivity index is 4.58. The first kappa shape index (κ1) is 11.2. The lowest BCUT2D eigenvalue weighted by Gasteiger charge is -2.08. The first-order valence-electron chi connectivity index (χ1n) is 4.31. The Morgan fingerprint density at radius 1 is 1.08 bits per heavy atom. The Kier molecular flexibility index (Phi) is 4.57. The van der Waals surface area contributed by atoms with Crippen molar-refractivity contribution < 1.29 is 4.79 Å². The molecule has 0 aliphatic heterocycles. The van der Waals surface area contributed by atoms with E-state index in [1.807, 2.05) is 6.08 Å². The lowest BCUT2D eigenvalue weighted by molar-refractivity contribution is -0.112. The average Bonchev–Trinajstić information content (AvgIpc) is 1.84. The van der Waals surface area contributed by atoms with Crippen molar-refractivity contribution in [2.24, 2.45) is 5.92 Å². The van der Waals surface area contributed by atoms with E-state index in [2.05, 4.69) is 27.7 Å². The van der Waals surface area contributed by atoms with Crippen molar-refractivity contribution >= 4 is 5.78 Å². The molecule has 12 heavy (non-hydrogen) atoms. The Labute approximate surface area is 75.2 Å². The highest BCUT2D eigenvalue weighted by Gasteiger charge is 2.00. The fourth-order valence-corrected chi connectivity index (χ4v) is 1.14. The van der Waals surface area contributed by atoms with Gasteiger partial charge < -0.3 is 0 Å². The summed E-state index contributed by atoms with van der Waals surface area (Å²) >= 11 is 0. The van der Waals surface area contributed by atoms with E-state index in [1.54, 1.807) is 13.0 Å². The van der Waals surface area contributed by atoms with Crippen LogP contribution in [-0.4, -0.2) is 5.78 Å². The summed E-state index contributed by atoms with van der Waals surface area (Å²) in [6.07, 6.45) is 3.55. The Bertz CT molecular complexity index is 215. The zero-order valence-electron chi connectivity index (χ0n) is 8.64. The van der Waals surface area contributed by atoms with E-state index in [4.69, 9.17) is 0 Å². The predicted octanol–water partition coefficient (Wildman–Crippen LogP) is 3.12. The van der Waals surface area contributed by atoms with Crippen molar-refractivity contribution in [1.82, 2.24) is 0 Å². The first-order valence-corrected chi connectivity index (χ1v) is 4.31. The van der Waals surface area contributed by atoms with Crippen molar-refractivity contribution in [2.45, 2.75) is 34.6 Å². The minimum absolute atomic E-state index is 0.106. The van der Waals surface area contributed by atoms with Crippen LogP contribution in [0.4, 0.5) is 0 Å². The molecular formula is C11H18O. The molecule has 0 unspecified atom stereocenters. The maximum absolute atomic E-state index is 10.7. The van der Waals surface area contributed by atoms with Crippen LogP contribution >= 0.6 is 0 Å². The van der Waals surface area contributed by atoms with E-state index in [9.17, 15) is 4.79 Å². The van der Waals surface area contributed by atoms with Gasteiger partial charge in [0.15, 0.2) is 5.78 Å². The molecule has 0 aromatic heterocycles. The van der Waals surface area contributed by atoms with Gasteiger partial charge in [-0.15, -0.1) is 0 Å². The van der Waals surface area contributed by atoms with Crippen molar-refractivity contribution in [3.63, 3.8) is 0 Å². The molecule has 0 aromatic carbocycles. The summed E-state index contributed by atoms with van der Waals surface area (Å²) in [5.74, 6) is 0.597. The van der Waals surface area contributed by atoms with Crippen molar-refractivity contribution in [1.29, 1.82) is 0 Å². The van der Waals surface area contributed by atoms with Crippen LogP contribution in [0.25, 0.3) is 0 Å². The molecule has 0 radical (unpaired) electrons. The largest absolute Gasteiger partial charge is 0.295 e. The zero-order valence-corrected chi connectivity index (χ0v) is 8.64. The van der Waals surface area contributed by atoms with Crippen molar-refractivity contribution in [3.05, 3.63) is 23.3 Å². The highest BCUT2D eigenvalue weighted by Crippen LogP contribution is 2.15. The van der Waals surface area contributed by atoms with Gasteiger partial charge >= 0.3 is 0 Å². The summed E-state index contributed by atoms with van der Waals surface area (Å²) in [6, 6.07) is 0. The molecule has 0 bridgehead atoms. The molecule has 0 aromatic rings. The Morgan fingerprint density at radius 3 is 1.83 bits per heavy atom. The quantitative estimate of drug-likeness (QED) is 0.465. The molecule has 0 spiro atoms. The molecule has 68 valence electrons. The van der Waals surface area contributed by atoms with Crippen LogP contribution < -0.4 is 0 Å². The average molecular weight is 166 g/mol. The summed E-state index contributed by atoms with van der Waals surface area (Å²) in [5, 5.41) is 0. The van der Waals surface area contributed by atoms with Crippen molar-refractivity contribution in [3.8, 4) is 0 Å². The second-order valence-electron chi connectivity index (χ2n) is 3.55. The van der Waals surface area contributed by atoms with E-state index in [0.717, 1.165) is 0 Å². The fourth-order valence-electron chi connectivity index (χ4n) is 1.14. The molecular weight excluding hydrogens is 148 g/mol. The van der Waals surface area contributed by atoms with Crippen LogP contribution in [0.1, 0.15) is 34.6 Å². The van der Waals surface area contributed by atoms with E-state index in [1.165, 1.54) is 11.1 Å². The van der Waals surface area contributed by atoms with Crippen molar-refractivity contribution in [2.75, 3.05) is 0 Å². The molecule has 1 heteroatoms. The van der Waals surface area contributed by atoms with E-state index in [0.29, 0.717) is 5.92 Å². The Hall–Kier alpha value is -0.850. The van der Waals surface area contributed by atoms with E-state index >= 15 is 0 Å². The van der Waals surface area contributed by atoms with E-state index in [-0.39, 0.29) is 5.78 Å². The molecule has 0 fully saturated rings. The minimum atomic E-state index is 0.106.